The van der Waals surface area contributed by atoms with Crippen LogP contribution in [0, 0.1) is 13.8 Å². The first-order valence-corrected chi connectivity index (χ1v) is 10.3. The summed E-state index contributed by atoms with van der Waals surface area (Å²) in [5.41, 5.74) is 2.09. The summed E-state index contributed by atoms with van der Waals surface area (Å²) in [6.07, 6.45) is 0. The first-order chi connectivity index (χ1) is 11.4. The molecule has 0 heterocycles. The Labute approximate surface area is 149 Å². The van der Waals surface area contributed by atoms with Gasteiger partial charge in [-0.3, -0.25) is 9.11 Å². The van der Waals surface area contributed by atoms with Crippen LogP contribution in [0.5, 0.6) is 0 Å². The van der Waals surface area contributed by atoms with E-state index < -0.39 is 20.2 Å². The molecule has 0 radical (unpaired) electrons. The van der Waals surface area contributed by atoms with E-state index in [1.54, 1.807) is 44.2 Å². The van der Waals surface area contributed by atoms with Crippen LogP contribution in [0.1, 0.15) is 36.5 Å². The Morgan fingerprint density at radius 3 is 1.64 bits per heavy atom. The lowest BCUT2D eigenvalue weighted by Crippen LogP contribution is -2.03. The van der Waals surface area contributed by atoms with Crippen LogP contribution in [-0.2, 0) is 20.2 Å². The minimum atomic E-state index is -4.08. The molecule has 0 unspecified atom stereocenters. The Balaban J connectivity index is 0.000000251. The SMILES string of the molecule is CC(C)c1ccccc1S(=O)(=O)O.Cc1cccc(S(=O)(=O)O)c1C. The van der Waals surface area contributed by atoms with Gasteiger partial charge in [-0.2, -0.15) is 16.8 Å². The fourth-order valence-corrected chi connectivity index (χ4v) is 3.85. The maximum absolute atomic E-state index is 10.9. The summed E-state index contributed by atoms with van der Waals surface area (Å²) in [6.45, 7) is 7.22. The predicted molar refractivity (Wildman–Crippen MR) is 96.1 cm³/mol. The van der Waals surface area contributed by atoms with E-state index in [1.165, 1.54) is 12.1 Å². The molecule has 0 amide bonds. The van der Waals surface area contributed by atoms with Crippen molar-refractivity contribution in [2.45, 2.75) is 43.4 Å². The maximum atomic E-state index is 10.9. The lowest BCUT2D eigenvalue weighted by molar-refractivity contribution is 0.479. The topological polar surface area (TPSA) is 109 Å². The van der Waals surface area contributed by atoms with Gasteiger partial charge in [-0.1, -0.05) is 44.2 Å². The Morgan fingerprint density at radius 2 is 1.24 bits per heavy atom. The van der Waals surface area contributed by atoms with E-state index in [0.29, 0.717) is 11.1 Å². The third-order valence-corrected chi connectivity index (χ3v) is 5.58. The molecule has 0 saturated heterocycles. The van der Waals surface area contributed by atoms with Crippen molar-refractivity contribution in [2.75, 3.05) is 0 Å². The van der Waals surface area contributed by atoms with Crippen molar-refractivity contribution in [3.8, 4) is 0 Å². The minimum Gasteiger partial charge on any atom is -0.282 e. The first-order valence-electron chi connectivity index (χ1n) is 7.45. The second-order valence-corrected chi connectivity index (χ2v) is 8.62. The number of hydrogen-bond acceptors (Lipinski definition) is 4. The van der Waals surface area contributed by atoms with E-state index in [9.17, 15) is 16.8 Å². The molecule has 2 aromatic rings. The molecule has 2 rings (SSSR count). The van der Waals surface area contributed by atoms with Gasteiger partial charge in [-0.15, -0.1) is 0 Å². The third-order valence-electron chi connectivity index (χ3n) is 3.65. The van der Waals surface area contributed by atoms with Gasteiger partial charge in [0.25, 0.3) is 20.2 Å². The van der Waals surface area contributed by atoms with Gasteiger partial charge in [0.05, 0.1) is 9.79 Å². The van der Waals surface area contributed by atoms with Crippen LogP contribution in [0.4, 0.5) is 0 Å². The molecule has 6 nitrogen and oxygen atoms in total. The minimum absolute atomic E-state index is 0.00463. The second kappa shape index (κ2) is 8.09. The highest BCUT2D eigenvalue weighted by Crippen LogP contribution is 2.22. The Morgan fingerprint density at radius 1 is 0.760 bits per heavy atom. The van der Waals surface area contributed by atoms with Crippen LogP contribution in [0.25, 0.3) is 0 Å². The molecular formula is C17H22O6S2. The van der Waals surface area contributed by atoms with Gasteiger partial charge in [0, 0.05) is 0 Å². The smallest absolute Gasteiger partial charge is 0.282 e. The average Bonchev–Trinajstić information content (AvgIpc) is 2.48. The quantitative estimate of drug-likeness (QED) is 0.780. The Hall–Kier alpha value is -1.74. The van der Waals surface area contributed by atoms with Gasteiger partial charge in [-0.25, -0.2) is 0 Å². The van der Waals surface area contributed by atoms with Crippen LogP contribution in [0.3, 0.4) is 0 Å². The lowest BCUT2D eigenvalue weighted by atomic mass is 10.0. The molecule has 0 aliphatic heterocycles. The van der Waals surface area contributed by atoms with Crippen molar-refractivity contribution in [1.82, 2.24) is 0 Å². The van der Waals surface area contributed by atoms with Crippen molar-refractivity contribution in [2.24, 2.45) is 0 Å². The molecule has 25 heavy (non-hydrogen) atoms. The number of rotatable bonds is 3. The highest BCUT2D eigenvalue weighted by molar-refractivity contribution is 7.86. The van der Waals surface area contributed by atoms with Gasteiger partial charge in [0.15, 0.2) is 0 Å². The average molecular weight is 386 g/mol. The Bertz CT molecular complexity index is 945. The molecule has 0 fully saturated rings. The van der Waals surface area contributed by atoms with Crippen LogP contribution >= 0.6 is 0 Å². The summed E-state index contributed by atoms with van der Waals surface area (Å²) in [5, 5.41) is 0. The normalized spacial score (nSPS) is 11.8. The van der Waals surface area contributed by atoms with E-state index in [2.05, 4.69) is 0 Å². The van der Waals surface area contributed by atoms with E-state index in [-0.39, 0.29) is 15.7 Å². The van der Waals surface area contributed by atoms with Gasteiger partial charge in [0.1, 0.15) is 0 Å². The zero-order chi connectivity index (χ0) is 19.4. The van der Waals surface area contributed by atoms with Crippen molar-refractivity contribution in [1.29, 1.82) is 0 Å². The summed E-state index contributed by atoms with van der Waals surface area (Å²) < 4.78 is 61.0. The standard InChI is InChI=1S/C9H12O3S.C8H10O3S/c1-7(2)8-5-3-4-6-9(8)13(10,11)12;1-6-4-3-5-8(7(6)2)12(9,10)11/h3-7H,1-2H3,(H,10,11,12);3-5H,1-2H3,(H,9,10,11). The predicted octanol–water partition coefficient (Wildman–Crippen LogP) is 3.61. The number of aryl methyl sites for hydroxylation is 1. The largest absolute Gasteiger partial charge is 0.294 e. The monoisotopic (exact) mass is 386 g/mol. The first kappa shape index (κ1) is 21.3. The molecule has 0 aromatic heterocycles. The summed E-state index contributed by atoms with van der Waals surface area (Å²) >= 11 is 0. The fourth-order valence-electron chi connectivity index (χ4n) is 2.20. The molecule has 0 aliphatic carbocycles. The molecule has 8 heteroatoms. The summed E-state index contributed by atoms with van der Waals surface area (Å²) in [6, 6.07) is 11.2. The summed E-state index contributed by atoms with van der Waals surface area (Å²) in [5.74, 6) is 0.0816. The van der Waals surface area contributed by atoms with Crippen LogP contribution in [0.2, 0.25) is 0 Å². The molecular weight excluding hydrogens is 364 g/mol. The van der Waals surface area contributed by atoms with E-state index in [1.807, 2.05) is 13.8 Å². The third kappa shape index (κ3) is 5.93. The highest BCUT2D eigenvalue weighted by Gasteiger charge is 2.16. The van der Waals surface area contributed by atoms with Gasteiger partial charge >= 0.3 is 0 Å². The summed E-state index contributed by atoms with van der Waals surface area (Å²) in [7, 11) is -8.13. The zero-order valence-electron chi connectivity index (χ0n) is 14.5. The van der Waals surface area contributed by atoms with Crippen molar-refractivity contribution >= 4 is 20.2 Å². The molecule has 0 bridgehead atoms. The van der Waals surface area contributed by atoms with Gasteiger partial charge < -0.3 is 0 Å². The summed E-state index contributed by atoms with van der Waals surface area (Å²) in [4.78, 5) is -0.00694. The number of hydrogen-bond donors (Lipinski definition) is 2. The molecule has 0 saturated carbocycles. The van der Waals surface area contributed by atoms with Gasteiger partial charge in [-0.05, 0) is 48.6 Å². The van der Waals surface area contributed by atoms with Crippen LogP contribution in [0.15, 0.2) is 52.3 Å². The van der Waals surface area contributed by atoms with E-state index >= 15 is 0 Å². The van der Waals surface area contributed by atoms with Crippen LogP contribution < -0.4 is 0 Å². The highest BCUT2D eigenvalue weighted by atomic mass is 32.2. The van der Waals surface area contributed by atoms with E-state index in [4.69, 9.17) is 9.11 Å². The van der Waals surface area contributed by atoms with Crippen LogP contribution in [-0.4, -0.2) is 25.9 Å². The molecule has 0 aliphatic rings. The van der Waals surface area contributed by atoms with Gasteiger partial charge in [0.2, 0.25) is 0 Å². The maximum Gasteiger partial charge on any atom is 0.294 e. The molecule has 0 spiro atoms. The van der Waals surface area contributed by atoms with Crippen molar-refractivity contribution in [3.05, 3.63) is 59.2 Å². The van der Waals surface area contributed by atoms with Crippen molar-refractivity contribution in [3.63, 3.8) is 0 Å². The zero-order valence-corrected chi connectivity index (χ0v) is 16.1. The van der Waals surface area contributed by atoms with Crippen molar-refractivity contribution < 1.29 is 25.9 Å². The second-order valence-electron chi connectivity index (χ2n) is 5.84. The lowest BCUT2D eigenvalue weighted by Gasteiger charge is -2.09. The molecule has 138 valence electrons. The fraction of sp³-hybridized carbons (Fsp3) is 0.294. The Kier molecular flexibility index (Phi) is 6.90. The molecule has 2 aromatic carbocycles. The van der Waals surface area contributed by atoms with E-state index in [0.717, 1.165) is 5.56 Å². The molecule has 2 N–H and O–H groups in total. The molecule has 0 atom stereocenters. The number of benzene rings is 2.